The van der Waals surface area contributed by atoms with E-state index in [0.717, 1.165) is 5.56 Å². The third-order valence-corrected chi connectivity index (χ3v) is 4.00. The Kier molecular flexibility index (Phi) is 7.90. The van der Waals surface area contributed by atoms with Crippen molar-refractivity contribution in [2.45, 2.75) is 25.5 Å². The minimum atomic E-state index is -1.31. The zero-order chi connectivity index (χ0) is 21.2. The lowest BCUT2D eigenvalue weighted by Gasteiger charge is -2.21. The molecule has 0 saturated carbocycles. The Morgan fingerprint density at radius 3 is 1.97 bits per heavy atom. The Morgan fingerprint density at radius 1 is 0.897 bits per heavy atom. The molecule has 4 amide bonds. The maximum absolute atomic E-state index is 12.6. The van der Waals surface area contributed by atoms with Gasteiger partial charge in [-0.3, -0.25) is 19.7 Å². The number of benzene rings is 2. The number of nitrogens with one attached hydrogen (secondary N) is 3. The van der Waals surface area contributed by atoms with E-state index in [2.05, 4.69) is 16.0 Å². The molecule has 8 heteroatoms. The number of hydrogen-bond acceptors (Lipinski definition) is 5. The number of imide groups is 1. The van der Waals surface area contributed by atoms with Crippen molar-refractivity contribution in [1.82, 2.24) is 16.0 Å². The van der Waals surface area contributed by atoms with E-state index in [9.17, 15) is 19.2 Å². The van der Waals surface area contributed by atoms with Crippen molar-refractivity contribution < 1.29 is 23.9 Å². The summed E-state index contributed by atoms with van der Waals surface area (Å²) in [6.07, 6.45) is -1.49. The normalized spacial score (nSPS) is 12.2. The Labute approximate surface area is 168 Å². The van der Waals surface area contributed by atoms with Gasteiger partial charge in [0.05, 0.1) is 12.5 Å². The van der Waals surface area contributed by atoms with Crippen molar-refractivity contribution in [2.75, 3.05) is 7.05 Å². The number of hydrogen-bond donors (Lipinski definition) is 3. The maximum Gasteiger partial charge on any atom is 0.321 e. The summed E-state index contributed by atoms with van der Waals surface area (Å²) in [6.45, 7) is 1.35. The number of rotatable bonds is 7. The maximum atomic E-state index is 12.6. The van der Waals surface area contributed by atoms with Gasteiger partial charge in [-0.2, -0.15) is 0 Å². The molecule has 2 rings (SSSR count). The molecule has 0 bridgehead atoms. The topological polar surface area (TPSA) is 114 Å². The largest absolute Gasteiger partial charge is 0.447 e. The number of amides is 4. The summed E-state index contributed by atoms with van der Waals surface area (Å²) in [4.78, 5) is 48.1. The average Bonchev–Trinajstić information content (AvgIpc) is 2.72. The zero-order valence-corrected chi connectivity index (χ0v) is 16.2. The first kappa shape index (κ1) is 21.6. The summed E-state index contributed by atoms with van der Waals surface area (Å²) in [6, 6.07) is 16.0. The molecule has 0 radical (unpaired) electrons. The van der Waals surface area contributed by atoms with Crippen LogP contribution in [0.3, 0.4) is 0 Å². The van der Waals surface area contributed by atoms with Crippen LogP contribution in [0.15, 0.2) is 60.7 Å². The molecule has 2 aromatic carbocycles. The van der Waals surface area contributed by atoms with Gasteiger partial charge in [0.15, 0.2) is 0 Å². The molecule has 0 aliphatic rings. The van der Waals surface area contributed by atoms with E-state index >= 15 is 0 Å². The molecule has 0 aliphatic heterocycles. The number of ether oxygens (including phenoxy) is 1. The minimum Gasteiger partial charge on any atom is -0.447 e. The second-order valence-electron chi connectivity index (χ2n) is 6.22. The highest BCUT2D eigenvalue weighted by Crippen LogP contribution is 2.22. The van der Waals surface area contributed by atoms with Crippen molar-refractivity contribution in [3.8, 4) is 0 Å². The fourth-order valence-electron chi connectivity index (χ4n) is 2.67. The Balaban J connectivity index is 2.18. The Morgan fingerprint density at radius 2 is 1.45 bits per heavy atom. The van der Waals surface area contributed by atoms with Crippen LogP contribution in [0.25, 0.3) is 0 Å². The van der Waals surface area contributed by atoms with Crippen LogP contribution in [0.5, 0.6) is 0 Å². The molecule has 0 spiro atoms. The van der Waals surface area contributed by atoms with Crippen molar-refractivity contribution in [2.24, 2.45) is 0 Å². The van der Waals surface area contributed by atoms with Crippen molar-refractivity contribution >= 4 is 23.8 Å². The summed E-state index contributed by atoms with van der Waals surface area (Å²) in [5.41, 5.74) is 1.14. The first-order valence-electron chi connectivity index (χ1n) is 8.99. The summed E-state index contributed by atoms with van der Waals surface area (Å²) < 4.78 is 5.40. The third-order valence-electron chi connectivity index (χ3n) is 4.00. The molecule has 0 fully saturated rings. The summed E-state index contributed by atoms with van der Waals surface area (Å²) in [5, 5.41) is 7.09. The minimum absolute atomic E-state index is 0.180. The van der Waals surface area contributed by atoms with Gasteiger partial charge in [0.25, 0.3) is 5.91 Å². The molecular formula is C21H23N3O5. The predicted octanol–water partition coefficient (Wildman–Crippen LogP) is 1.99. The predicted molar refractivity (Wildman–Crippen MR) is 105 cm³/mol. The number of esters is 1. The molecule has 0 heterocycles. The Hall–Kier alpha value is -3.68. The van der Waals surface area contributed by atoms with Gasteiger partial charge in [-0.25, -0.2) is 4.79 Å². The van der Waals surface area contributed by atoms with Crippen molar-refractivity contribution in [1.29, 1.82) is 0 Å². The Bertz CT molecular complexity index is 855. The van der Waals surface area contributed by atoms with Crippen LogP contribution in [-0.2, 0) is 19.1 Å². The van der Waals surface area contributed by atoms with Gasteiger partial charge in [0.2, 0.25) is 12.0 Å². The smallest absolute Gasteiger partial charge is 0.321 e. The fourth-order valence-corrected chi connectivity index (χ4v) is 2.67. The summed E-state index contributed by atoms with van der Waals surface area (Å²) >= 11 is 0. The van der Waals surface area contributed by atoms with E-state index in [1.807, 2.05) is 6.07 Å². The van der Waals surface area contributed by atoms with Gasteiger partial charge < -0.3 is 15.4 Å². The average molecular weight is 397 g/mol. The molecule has 152 valence electrons. The van der Waals surface area contributed by atoms with Gasteiger partial charge in [0, 0.05) is 19.5 Å². The summed E-state index contributed by atoms with van der Waals surface area (Å²) in [7, 11) is 1.37. The van der Waals surface area contributed by atoms with Crippen LogP contribution in [0.4, 0.5) is 4.79 Å². The van der Waals surface area contributed by atoms with E-state index in [0.29, 0.717) is 5.56 Å². The number of carbonyl (C=O) groups excluding carboxylic acids is 4. The first-order valence-corrected chi connectivity index (χ1v) is 8.99. The molecular weight excluding hydrogens is 374 g/mol. The van der Waals surface area contributed by atoms with Crippen LogP contribution in [0.2, 0.25) is 0 Å². The highest BCUT2D eigenvalue weighted by Gasteiger charge is 2.28. The van der Waals surface area contributed by atoms with Crippen LogP contribution in [-0.4, -0.2) is 30.9 Å². The van der Waals surface area contributed by atoms with E-state index in [-0.39, 0.29) is 12.3 Å². The van der Waals surface area contributed by atoms with Gasteiger partial charge >= 0.3 is 12.0 Å². The van der Waals surface area contributed by atoms with Gasteiger partial charge in [-0.15, -0.1) is 0 Å². The van der Waals surface area contributed by atoms with E-state index in [4.69, 9.17) is 4.74 Å². The lowest BCUT2D eigenvalue weighted by Crippen LogP contribution is -2.41. The first-order chi connectivity index (χ1) is 13.9. The number of carbonyl (C=O) groups is 4. The van der Waals surface area contributed by atoms with Crippen LogP contribution >= 0.6 is 0 Å². The molecule has 0 aromatic heterocycles. The van der Waals surface area contributed by atoms with E-state index < -0.39 is 30.1 Å². The highest BCUT2D eigenvalue weighted by molar-refractivity contribution is 5.97. The lowest BCUT2D eigenvalue weighted by molar-refractivity contribution is -0.156. The fraction of sp³-hybridized carbons (Fsp3) is 0.238. The van der Waals surface area contributed by atoms with Crippen LogP contribution in [0, 0.1) is 0 Å². The zero-order valence-electron chi connectivity index (χ0n) is 16.2. The highest BCUT2D eigenvalue weighted by atomic mass is 16.5. The lowest BCUT2D eigenvalue weighted by atomic mass is 10.0. The van der Waals surface area contributed by atoms with Crippen LogP contribution in [0.1, 0.15) is 36.6 Å². The van der Waals surface area contributed by atoms with E-state index in [1.54, 1.807) is 54.6 Å². The second kappa shape index (κ2) is 10.6. The molecule has 3 N–H and O–H groups in total. The molecule has 29 heavy (non-hydrogen) atoms. The van der Waals surface area contributed by atoms with Crippen LogP contribution < -0.4 is 16.0 Å². The van der Waals surface area contributed by atoms with Crippen molar-refractivity contribution in [3.63, 3.8) is 0 Å². The molecule has 2 aromatic rings. The van der Waals surface area contributed by atoms with Gasteiger partial charge in [-0.05, 0) is 5.56 Å². The molecule has 2 atom stereocenters. The SMILES string of the molecule is CNC(=O)NC(=O)[C@@H](OC(=O)C[C@@H](NC(C)=O)c1ccccc1)c1ccccc1. The molecule has 8 nitrogen and oxygen atoms in total. The molecule has 0 unspecified atom stereocenters. The second-order valence-corrected chi connectivity index (χ2v) is 6.22. The standard InChI is InChI=1S/C21H23N3O5/c1-14(25)23-17(15-9-5-3-6-10-15)13-18(26)29-19(16-11-7-4-8-12-16)20(27)24-21(28)22-2/h3-12,17,19H,13H2,1-2H3,(H,23,25)(H2,22,24,27,28)/t17-,19+/m1/s1. The molecule has 0 saturated heterocycles. The monoisotopic (exact) mass is 397 g/mol. The quantitative estimate of drug-likeness (QED) is 0.619. The number of urea groups is 1. The van der Waals surface area contributed by atoms with Gasteiger partial charge in [-0.1, -0.05) is 60.7 Å². The third kappa shape index (κ3) is 6.76. The molecule has 0 aliphatic carbocycles. The van der Waals surface area contributed by atoms with Crippen molar-refractivity contribution in [3.05, 3.63) is 71.8 Å². The van der Waals surface area contributed by atoms with Gasteiger partial charge in [0.1, 0.15) is 0 Å². The summed E-state index contributed by atoms with van der Waals surface area (Å²) in [5.74, 6) is -1.78. The van der Waals surface area contributed by atoms with E-state index in [1.165, 1.54) is 14.0 Å².